The van der Waals surface area contributed by atoms with Gasteiger partial charge in [-0.25, -0.2) is 0 Å². The quantitative estimate of drug-likeness (QED) is 0.668. The van der Waals surface area contributed by atoms with Crippen molar-refractivity contribution in [2.45, 2.75) is 12.8 Å². The zero-order valence-electron chi connectivity index (χ0n) is 14.1. The Morgan fingerprint density at radius 3 is 2.72 bits per heavy atom. The number of aromatic nitrogens is 1. The standard InChI is InChI=1S/C20H20N2O3/c1-24-19-6-2-5-18(12-19)16-7-9-17(10-8-16)20(23)21-11-3-4-15-13-22-25-14-15/h2,5-10,12-14H,3-4,11H2,1H3,(H,21,23). The summed E-state index contributed by atoms with van der Waals surface area (Å²) in [6.45, 7) is 0.613. The third kappa shape index (κ3) is 4.47. The minimum atomic E-state index is -0.0671. The first-order chi connectivity index (χ1) is 12.3. The Bertz CT molecular complexity index is 811. The molecule has 0 spiro atoms. The predicted octanol–water partition coefficient (Wildman–Crippen LogP) is 3.71. The number of aryl methyl sites for hydroxylation is 1. The molecule has 3 rings (SSSR count). The lowest BCUT2D eigenvalue weighted by Gasteiger charge is -2.07. The number of hydrogen-bond acceptors (Lipinski definition) is 4. The molecule has 0 aliphatic rings. The van der Waals surface area contributed by atoms with Crippen LogP contribution >= 0.6 is 0 Å². The van der Waals surface area contributed by atoms with Crippen molar-refractivity contribution >= 4 is 5.91 Å². The van der Waals surface area contributed by atoms with E-state index in [1.807, 2.05) is 48.5 Å². The Labute approximate surface area is 146 Å². The van der Waals surface area contributed by atoms with E-state index in [1.165, 1.54) is 0 Å². The normalized spacial score (nSPS) is 10.4. The summed E-state index contributed by atoms with van der Waals surface area (Å²) < 4.78 is 10.0. The van der Waals surface area contributed by atoms with Gasteiger partial charge in [-0.15, -0.1) is 0 Å². The van der Waals surface area contributed by atoms with Crippen LogP contribution in [0.25, 0.3) is 11.1 Å². The summed E-state index contributed by atoms with van der Waals surface area (Å²) >= 11 is 0. The molecule has 1 amide bonds. The van der Waals surface area contributed by atoms with Crippen molar-refractivity contribution in [1.29, 1.82) is 0 Å². The maximum absolute atomic E-state index is 12.2. The molecule has 3 aromatic rings. The van der Waals surface area contributed by atoms with Gasteiger partial charge in [-0.05, 0) is 48.2 Å². The predicted molar refractivity (Wildman–Crippen MR) is 95.6 cm³/mol. The van der Waals surface area contributed by atoms with E-state index in [0.717, 1.165) is 35.3 Å². The molecule has 0 aliphatic carbocycles. The summed E-state index contributed by atoms with van der Waals surface area (Å²) in [4.78, 5) is 12.2. The topological polar surface area (TPSA) is 64.4 Å². The number of nitrogens with one attached hydrogen (secondary N) is 1. The first-order valence-corrected chi connectivity index (χ1v) is 8.17. The van der Waals surface area contributed by atoms with E-state index >= 15 is 0 Å². The van der Waals surface area contributed by atoms with Crippen molar-refractivity contribution in [3.05, 3.63) is 72.1 Å². The molecule has 0 fully saturated rings. The largest absolute Gasteiger partial charge is 0.497 e. The number of amides is 1. The highest BCUT2D eigenvalue weighted by molar-refractivity contribution is 5.94. The molecule has 1 aromatic heterocycles. The second-order valence-electron chi connectivity index (χ2n) is 5.70. The monoisotopic (exact) mass is 336 g/mol. The minimum absolute atomic E-state index is 0.0671. The number of benzene rings is 2. The number of ether oxygens (including phenoxy) is 1. The molecule has 0 aliphatic heterocycles. The maximum Gasteiger partial charge on any atom is 0.251 e. The van der Waals surface area contributed by atoms with Crippen molar-refractivity contribution in [1.82, 2.24) is 10.5 Å². The molecule has 0 saturated carbocycles. The number of carbonyl (C=O) groups is 1. The van der Waals surface area contributed by atoms with Crippen LogP contribution in [-0.4, -0.2) is 24.7 Å². The molecule has 2 aromatic carbocycles. The summed E-state index contributed by atoms with van der Waals surface area (Å²) in [5, 5.41) is 6.59. The van der Waals surface area contributed by atoms with E-state index in [1.54, 1.807) is 19.6 Å². The van der Waals surface area contributed by atoms with Gasteiger partial charge in [-0.1, -0.05) is 29.4 Å². The van der Waals surface area contributed by atoms with Crippen LogP contribution in [0.1, 0.15) is 22.3 Å². The summed E-state index contributed by atoms with van der Waals surface area (Å²) in [5.74, 6) is 0.745. The van der Waals surface area contributed by atoms with E-state index in [-0.39, 0.29) is 5.91 Å². The van der Waals surface area contributed by atoms with E-state index in [9.17, 15) is 4.79 Å². The molecule has 1 heterocycles. The van der Waals surface area contributed by atoms with Gasteiger partial charge < -0.3 is 14.6 Å². The second-order valence-corrected chi connectivity index (χ2v) is 5.70. The molecule has 0 unspecified atom stereocenters. The molecule has 128 valence electrons. The van der Waals surface area contributed by atoms with Crippen molar-refractivity contribution in [3.8, 4) is 16.9 Å². The van der Waals surface area contributed by atoms with Crippen molar-refractivity contribution < 1.29 is 14.1 Å². The van der Waals surface area contributed by atoms with Crippen LogP contribution in [0.5, 0.6) is 5.75 Å². The molecule has 0 saturated heterocycles. The third-order valence-corrected chi connectivity index (χ3v) is 3.96. The SMILES string of the molecule is COc1cccc(-c2ccc(C(=O)NCCCc3cnoc3)cc2)c1. The van der Waals surface area contributed by atoms with Crippen LogP contribution < -0.4 is 10.1 Å². The fourth-order valence-corrected chi connectivity index (χ4v) is 2.56. The second kappa shape index (κ2) is 8.15. The molecule has 0 atom stereocenters. The first-order valence-electron chi connectivity index (χ1n) is 8.17. The Morgan fingerprint density at radius 2 is 2.00 bits per heavy atom. The maximum atomic E-state index is 12.2. The minimum Gasteiger partial charge on any atom is -0.497 e. The molecule has 5 nitrogen and oxygen atoms in total. The number of methoxy groups -OCH3 is 1. The van der Waals surface area contributed by atoms with Crippen LogP contribution in [0.3, 0.4) is 0 Å². The highest BCUT2D eigenvalue weighted by atomic mass is 16.5. The van der Waals surface area contributed by atoms with Crippen LogP contribution in [0.4, 0.5) is 0 Å². The van der Waals surface area contributed by atoms with Gasteiger partial charge in [-0.3, -0.25) is 4.79 Å². The van der Waals surface area contributed by atoms with E-state index in [4.69, 9.17) is 9.26 Å². The fourth-order valence-electron chi connectivity index (χ4n) is 2.56. The first kappa shape index (κ1) is 16.8. The molecular formula is C20H20N2O3. The third-order valence-electron chi connectivity index (χ3n) is 3.96. The van der Waals surface area contributed by atoms with Crippen LogP contribution in [0, 0.1) is 0 Å². The van der Waals surface area contributed by atoms with Gasteiger partial charge in [-0.2, -0.15) is 0 Å². The van der Waals surface area contributed by atoms with Gasteiger partial charge in [0, 0.05) is 17.7 Å². The average Bonchev–Trinajstić information content (AvgIpc) is 3.19. The van der Waals surface area contributed by atoms with E-state index < -0.39 is 0 Å². The summed E-state index contributed by atoms with van der Waals surface area (Å²) in [6.07, 6.45) is 4.99. The number of carbonyl (C=O) groups excluding carboxylic acids is 1. The molecule has 25 heavy (non-hydrogen) atoms. The van der Waals surface area contributed by atoms with Crippen LogP contribution in [0.2, 0.25) is 0 Å². The van der Waals surface area contributed by atoms with Crippen LogP contribution in [0.15, 0.2) is 65.5 Å². The lowest BCUT2D eigenvalue weighted by Crippen LogP contribution is -2.24. The number of rotatable bonds is 7. The summed E-state index contributed by atoms with van der Waals surface area (Å²) in [6, 6.07) is 15.4. The van der Waals surface area contributed by atoms with E-state index in [2.05, 4.69) is 10.5 Å². The lowest BCUT2D eigenvalue weighted by atomic mass is 10.0. The smallest absolute Gasteiger partial charge is 0.251 e. The molecular weight excluding hydrogens is 316 g/mol. The zero-order valence-corrected chi connectivity index (χ0v) is 14.1. The Hall–Kier alpha value is -3.08. The van der Waals surface area contributed by atoms with Gasteiger partial charge in [0.05, 0.1) is 13.3 Å². The Balaban J connectivity index is 1.55. The Kier molecular flexibility index (Phi) is 5.46. The van der Waals surface area contributed by atoms with Gasteiger partial charge in [0.2, 0.25) is 0 Å². The van der Waals surface area contributed by atoms with Crippen LogP contribution in [-0.2, 0) is 6.42 Å². The molecule has 0 bridgehead atoms. The fraction of sp³-hybridized carbons (Fsp3) is 0.200. The molecule has 5 heteroatoms. The van der Waals surface area contributed by atoms with Gasteiger partial charge >= 0.3 is 0 Å². The van der Waals surface area contributed by atoms with Crippen molar-refractivity contribution in [2.24, 2.45) is 0 Å². The van der Waals surface area contributed by atoms with Crippen molar-refractivity contribution in [2.75, 3.05) is 13.7 Å². The highest BCUT2D eigenvalue weighted by Gasteiger charge is 2.06. The van der Waals surface area contributed by atoms with Crippen molar-refractivity contribution in [3.63, 3.8) is 0 Å². The van der Waals surface area contributed by atoms with Gasteiger partial charge in [0.1, 0.15) is 12.0 Å². The zero-order chi connectivity index (χ0) is 17.5. The molecule has 0 radical (unpaired) electrons. The van der Waals surface area contributed by atoms with Gasteiger partial charge in [0.15, 0.2) is 0 Å². The summed E-state index contributed by atoms with van der Waals surface area (Å²) in [5.41, 5.74) is 3.79. The number of nitrogens with zero attached hydrogens (tertiary/aromatic N) is 1. The van der Waals surface area contributed by atoms with E-state index in [0.29, 0.717) is 12.1 Å². The number of hydrogen-bond donors (Lipinski definition) is 1. The lowest BCUT2D eigenvalue weighted by molar-refractivity contribution is 0.0953. The summed E-state index contributed by atoms with van der Waals surface area (Å²) in [7, 11) is 1.65. The Morgan fingerprint density at radius 1 is 1.16 bits per heavy atom. The average molecular weight is 336 g/mol. The molecule has 1 N–H and O–H groups in total. The van der Waals surface area contributed by atoms with Gasteiger partial charge in [0.25, 0.3) is 5.91 Å². The highest BCUT2D eigenvalue weighted by Crippen LogP contribution is 2.24.